The van der Waals surface area contributed by atoms with E-state index in [-0.39, 0.29) is 41.8 Å². The van der Waals surface area contributed by atoms with E-state index in [2.05, 4.69) is 20.6 Å². The predicted molar refractivity (Wildman–Crippen MR) is 122 cm³/mol. The summed E-state index contributed by atoms with van der Waals surface area (Å²) in [6.07, 6.45) is 0.840. The highest BCUT2D eigenvalue weighted by molar-refractivity contribution is 14.0. The minimum Gasteiger partial charge on any atom is -0.357 e. The summed E-state index contributed by atoms with van der Waals surface area (Å²) >= 11 is 7.77. The quantitative estimate of drug-likeness (QED) is 0.338. The fourth-order valence-corrected chi connectivity index (χ4v) is 3.82. The topological polar surface area (TPSA) is 52.6 Å². The second-order valence-electron chi connectivity index (χ2n) is 6.44. The largest absolute Gasteiger partial charge is 0.357 e. The Morgan fingerprint density at radius 1 is 1.44 bits per heavy atom. The minimum absolute atomic E-state index is 0. The van der Waals surface area contributed by atoms with Crippen molar-refractivity contribution < 1.29 is 4.39 Å². The second-order valence-corrected chi connectivity index (χ2v) is 7.68. The third-order valence-electron chi connectivity index (χ3n) is 4.15. The molecule has 1 aromatic heterocycles. The number of thiazole rings is 1. The van der Waals surface area contributed by atoms with Crippen molar-refractivity contribution in [1.29, 1.82) is 0 Å². The maximum Gasteiger partial charge on any atom is 0.191 e. The molecule has 2 N–H and O–H groups in total. The van der Waals surface area contributed by atoms with Crippen molar-refractivity contribution in [3.05, 3.63) is 45.7 Å². The van der Waals surface area contributed by atoms with Crippen molar-refractivity contribution in [3.8, 4) is 0 Å². The first kappa shape index (κ1) is 22.2. The Kier molecular flexibility index (Phi) is 8.11. The van der Waals surface area contributed by atoms with E-state index in [0.29, 0.717) is 23.1 Å². The molecule has 3 rings (SSSR count). The smallest absolute Gasteiger partial charge is 0.191 e. The van der Waals surface area contributed by atoms with Crippen LogP contribution in [-0.4, -0.2) is 37.6 Å². The molecule has 1 fully saturated rings. The van der Waals surface area contributed by atoms with Gasteiger partial charge in [0.1, 0.15) is 5.82 Å². The number of aliphatic imine (C=N–C) groups is 1. The normalized spacial score (nSPS) is 18.6. The molecule has 0 spiro atoms. The summed E-state index contributed by atoms with van der Waals surface area (Å²) < 4.78 is 14.1. The van der Waals surface area contributed by atoms with Crippen LogP contribution in [-0.2, 0) is 6.54 Å². The maximum atomic E-state index is 14.1. The highest BCUT2D eigenvalue weighted by Crippen LogP contribution is 2.44. The average molecular weight is 524 g/mol. The van der Waals surface area contributed by atoms with E-state index in [9.17, 15) is 4.39 Å². The van der Waals surface area contributed by atoms with Crippen LogP contribution in [0.4, 0.5) is 9.52 Å². The number of nitrogens with one attached hydrogen (secondary N) is 2. The lowest BCUT2D eigenvalue weighted by Crippen LogP contribution is -2.39. The van der Waals surface area contributed by atoms with Gasteiger partial charge in [0.2, 0.25) is 0 Å². The van der Waals surface area contributed by atoms with E-state index in [0.717, 1.165) is 23.8 Å². The Hall–Kier alpha value is -1.13. The van der Waals surface area contributed by atoms with Gasteiger partial charge in [-0.25, -0.2) is 14.4 Å². The van der Waals surface area contributed by atoms with Gasteiger partial charge in [-0.1, -0.05) is 17.7 Å². The number of benzene rings is 1. The summed E-state index contributed by atoms with van der Waals surface area (Å²) in [7, 11) is 3.94. The van der Waals surface area contributed by atoms with Crippen molar-refractivity contribution in [2.45, 2.75) is 31.8 Å². The molecule has 1 saturated carbocycles. The van der Waals surface area contributed by atoms with Crippen LogP contribution in [0.2, 0.25) is 5.02 Å². The molecule has 1 aromatic carbocycles. The van der Waals surface area contributed by atoms with Crippen molar-refractivity contribution in [2.75, 3.05) is 25.5 Å². The Bertz CT molecular complexity index is 778. The molecular weight excluding hydrogens is 500 g/mol. The molecule has 1 heterocycles. The van der Waals surface area contributed by atoms with Crippen LogP contribution < -0.4 is 15.5 Å². The number of hydrogen-bond acceptors (Lipinski definition) is 4. The van der Waals surface area contributed by atoms with E-state index in [4.69, 9.17) is 11.6 Å². The lowest BCUT2D eigenvalue weighted by atomic mass is 10.1. The fourth-order valence-electron chi connectivity index (χ4n) is 2.77. The highest BCUT2D eigenvalue weighted by atomic mass is 127. The standard InChI is InChI=1S/C18H23ClFN5S.HI/c1-4-21-17(22-9-11-10-26-18(23-11)25(2)3)24-15-8-12(15)16-13(19)6-5-7-14(16)20;/h5-7,10,12,15H,4,8-9H2,1-3H3,(H2,21,22,24);1H. The highest BCUT2D eigenvalue weighted by Gasteiger charge is 2.41. The molecule has 27 heavy (non-hydrogen) atoms. The van der Waals surface area contributed by atoms with Crippen molar-refractivity contribution in [3.63, 3.8) is 0 Å². The molecule has 5 nitrogen and oxygen atoms in total. The average Bonchev–Trinajstić information content (AvgIpc) is 3.16. The molecule has 2 atom stereocenters. The SMILES string of the molecule is CCNC(=NCc1csc(N(C)C)n1)NC1CC1c1c(F)cccc1Cl.I. The summed E-state index contributed by atoms with van der Waals surface area (Å²) in [6, 6.07) is 4.96. The second kappa shape index (κ2) is 9.88. The molecule has 1 aliphatic rings. The first-order valence-corrected chi connectivity index (χ1v) is 9.85. The van der Waals surface area contributed by atoms with Gasteiger partial charge in [-0.15, -0.1) is 35.3 Å². The zero-order valence-electron chi connectivity index (χ0n) is 15.5. The molecule has 0 radical (unpaired) electrons. The van der Waals surface area contributed by atoms with E-state index < -0.39 is 0 Å². The molecule has 9 heteroatoms. The van der Waals surface area contributed by atoms with Crippen molar-refractivity contribution in [1.82, 2.24) is 15.6 Å². The fraction of sp³-hybridized carbons (Fsp3) is 0.444. The Labute approximate surface area is 185 Å². The first-order valence-electron chi connectivity index (χ1n) is 8.60. The van der Waals surface area contributed by atoms with E-state index in [1.807, 2.05) is 31.3 Å². The lowest BCUT2D eigenvalue weighted by molar-refractivity contribution is 0.608. The molecule has 2 unspecified atom stereocenters. The number of anilines is 1. The summed E-state index contributed by atoms with van der Waals surface area (Å²) in [6.45, 7) is 3.27. The molecule has 0 amide bonds. The number of nitrogens with zero attached hydrogens (tertiary/aromatic N) is 3. The van der Waals surface area contributed by atoms with Crippen LogP contribution in [0.25, 0.3) is 0 Å². The van der Waals surface area contributed by atoms with Crippen LogP contribution in [0.15, 0.2) is 28.6 Å². The van der Waals surface area contributed by atoms with Gasteiger partial charge in [0.15, 0.2) is 11.1 Å². The van der Waals surface area contributed by atoms with E-state index in [1.54, 1.807) is 23.5 Å². The third kappa shape index (κ3) is 5.68. The minimum atomic E-state index is -0.243. The van der Waals surface area contributed by atoms with Gasteiger partial charge in [-0.2, -0.15) is 0 Å². The Morgan fingerprint density at radius 3 is 2.85 bits per heavy atom. The van der Waals surface area contributed by atoms with Gasteiger partial charge >= 0.3 is 0 Å². The molecule has 148 valence electrons. The van der Waals surface area contributed by atoms with Crippen molar-refractivity contribution >= 4 is 58.0 Å². The van der Waals surface area contributed by atoms with Crippen LogP contribution in [0.5, 0.6) is 0 Å². The van der Waals surface area contributed by atoms with Gasteiger partial charge in [-0.3, -0.25) is 0 Å². The molecular formula is C18H24ClFIN5S. The number of hydrogen-bond donors (Lipinski definition) is 2. The maximum absolute atomic E-state index is 14.1. The Morgan fingerprint density at radius 2 is 2.22 bits per heavy atom. The molecule has 0 aliphatic heterocycles. The third-order valence-corrected chi connectivity index (χ3v) is 5.54. The molecule has 0 saturated heterocycles. The van der Waals surface area contributed by atoms with Crippen LogP contribution >= 0.6 is 46.9 Å². The zero-order valence-corrected chi connectivity index (χ0v) is 19.4. The summed E-state index contributed by atoms with van der Waals surface area (Å²) in [5.41, 5.74) is 1.53. The van der Waals surface area contributed by atoms with Gasteiger partial charge < -0.3 is 15.5 Å². The van der Waals surface area contributed by atoms with Gasteiger partial charge in [0, 0.05) is 48.6 Å². The number of guanidine groups is 1. The van der Waals surface area contributed by atoms with Crippen LogP contribution in [0.3, 0.4) is 0 Å². The van der Waals surface area contributed by atoms with E-state index >= 15 is 0 Å². The van der Waals surface area contributed by atoms with Crippen LogP contribution in [0.1, 0.15) is 30.5 Å². The van der Waals surface area contributed by atoms with Gasteiger partial charge in [0.05, 0.1) is 12.2 Å². The number of halogens is 3. The lowest BCUT2D eigenvalue weighted by Gasteiger charge is -2.12. The number of aromatic nitrogens is 1. The zero-order chi connectivity index (χ0) is 18.7. The summed E-state index contributed by atoms with van der Waals surface area (Å²) in [4.78, 5) is 11.1. The molecule has 0 bridgehead atoms. The molecule has 2 aromatic rings. The Balaban J connectivity index is 0.00000261. The predicted octanol–water partition coefficient (Wildman–Crippen LogP) is 4.23. The van der Waals surface area contributed by atoms with Crippen molar-refractivity contribution in [2.24, 2.45) is 4.99 Å². The van der Waals surface area contributed by atoms with Gasteiger partial charge in [-0.05, 0) is 25.5 Å². The first-order chi connectivity index (χ1) is 12.5. The van der Waals surface area contributed by atoms with Gasteiger partial charge in [0.25, 0.3) is 0 Å². The summed E-state index contributed by atoms with van der Waals surface area (Å²) in [5, 5.41) is 10.1. The van der Waals surface area contributed by atoms with Crippen LogP contribution in [0, 0.1) is 5.82 Å². The van der Waals surface area contributed by atoms with E-state index in [1.165, 1.54) is 6.07 Å². The monoisotopic (exact) mass is 523 g/mol. The summed E-state index contributed by atoms with van der Waals surface area (Å²) in [5.74, 6) is 0.548. The molecule has 1 aliphatic carbocycles. The number of rotatable bonds is 6.